The largest absolute Gasteiger partial charge is 0.462 e. The number of esters is 3. The van der Waals surface area contributed by atoms with Crippen LogP contribution in [0.4, 0.5) is 0 Å². The van der Waals surface area contributed by atoms with Gasteiger partial charge in [-0.25, -0.2) is 0 Å². The van der Waals surface area contributed by atoms with Gasteiger partial charge in [-0.05, 0) is 57.8 Å². The Labute approximate surface area is 512 Å². The molecule has 0 spiro atoms. The summed E-state index contributed by atoms with van der Waals surface area (Å²) in [6.45, 7) is 6.70. The van der Waals surface area contributed by atoms with Gasteiger partial charge in [0.25, 0.3) is 0 Å². The highest BCUT2D eigenvalue weighted by molar-refractivity contribution is 5.71. The van der Waals surface area contributed by atoms with Crippen molar-refractivity contribution in [3.8, 4) is 0 Å². The Hall–Kier alpha value is -2.37. The van der Waals surface area contributed by atoms with E-state index in [1.165, 1.54) is 302 Å². The van der Waals surface area contributed by atoms with Gasteiger partial charge in [0, 0.05) is 19.3 Å². The van der Waals surface area contributed by atoms with Crippen LogP contribution in [0, 0.1) is 0 Å². The molecule has 0 rings (SSSR count). The van der Waals surface area contributed by atoms with Crippen molar-refractivity contribution in [3.05, 3.63) is 36.5 Å². The van der Waals surface area contributed by atoms with Crippen molar-refractivity contribution in [3.63, 3.8) is 0 Å². The molecule has 0 amide bonds. The average Bonchev–Trinajstić information content (AvgIpc) is 3.47. The molecule has 6 heteroatoms. The second-order valence-electron chi connectivity index (χ2n) is 25.2. The molecule has 0 aliphatic carbocycles. The second kappa shape index (κ2) is 71.1. The van der Waals surface area contributed by atoms with Crippen LogP contribution in [-0.4, -0.2) is 37.2 Å². The number of allylic oxidation sites excluding steroid dienone is 6. The topological polar surface area (TPSA) is 78.9 Å². The lowest BCUT2D eigenvalue weighted by atomic mass is 10.0. The summed E-state index contributed by atoms with van der Waals surface area (Å²) in [5.74, 6) is -0.835. The van der Waals surface area contributed by atoms with Gasteiger partial charge in [-0.15, -0.1) is 0 Å². The van der Waals surface area contributed by atoms with E-state index in [4.69, 9.17) is 14.2 Å². The van der Waals surface area contributed by atoms with Crippen LogP contribution in [0.3, 0.4) is 0 Å². The van der Waals surface area contributed by atoms with Gasteiger partial charge in [0.05, 0.1) is 0 Å². The van der Waals surface area contributed by atoms with Gasteiger partial charge in [0.1, 0.15) is 13.2 Å². The van der Waals surface area contributed by atoms with Gasteiger partial charge in [0.15, 0.2) is 6.10 Å². The van der Waals surface area contributed by atoms with E-state index in [2.05, 4.69) is 57.2 Å². The molecule has 0 aromatic heterocycles. The molecule has 482 valence electrons. The maximum atomic E-state index is 13.0. The first-order chi connectivity index (χ1) is 40.5. The van der Waals surface area contributed by atoms with E-state index in [-0.39, 0.29) is 31.1 Å². The molecule has 0 aromatic rings. The highest BCUT2D eigenvalue weighted by Gasteiger charge is 2.20. The maximum absolute atomic E-state index is 13.0. The number of hydrogen-bond acceptors (Lipinski definition) is 6. The number of rotatable bonds is 69. The average molecular weight is 1150 g/mol. The number of hydrogen-bond donors (Lipinski definition) is 0. The van der Waals surface area contributed by atoms with Gasteiger partial charge in [-0.2, -0.15) is 0 Å². The molecule has 0 aromatic carbocycles. The fourth-order valence-corrected chi connectivity index (χ4v) is 11.3. The quantitative estimate of drug-likeness (QED) is 0.0261. The van der Waals surface area contributed by atoms with Gasteiger partial charge in [0.2, 0.25) is 0 Å². The van der Waals surface area contributed by atoms with Crippen molar-refractivity contribution >= 4 is 17.9 Å². The molecule has 0 aliphatic rings. The number of ether oxygens (including phenoxy) is 3. The lowest BCUT2D eigenvalue weighted by molar-refractivity contribution is -0.167. The van der Waals surface area contributed by atoms with Crippen LogP contribution in [0.1, 0.15) is 412 Å². The molecule has 0 radical (unpaired) electrons. The Morgan fingerprint density at radius 3 is 0.683 bits per heavy atom. The second-order valence-corrected chi connectivity index (χ2v) is 25.2. The number of carbonyl (C=O) groups is 3. The van der Waals surface area contributed by atoms with Crippen LogP contribution in [-0.2, 0) is 28.6 Å². The van der Waals surface area contributed by atoms with Crippen LogP contribution in [0.5, 0.6) is 0 Å². The first-order valence-electron chi connectivity index (χ1n) is 37.0. The fourth-order valence-electron chi connectivity index (χ4n) is 11.3. The highest BCUT2D eigenvalue weighted by Crippen LogP contribution is 2.19. The third-order valence-electron chi connectivity index (χ3n) is 16.9. The molecule has 0 fully saturated rings. The molecular formula is C76H142O6. The van der Waals surface area contributed by atoms with E-state index < -0.39 is 6.10 Å². The molecule has 82 heavy (non-hydrogen) atoms. The van der Waals surface area contributed by atoms with E-state index in [0.717, 1.165) is 70.6 Å². The fraction of sp³-hybridized carbons (Fsp3) is 0.882. The molecule has 1 unspecified atom stereocenters. The summed E-state index contributed by atoms with van der Waals surface area (Å²) >= 11 is 0. The minimum atomic E-state index is -0.768. The van der Waals surface area contributed by atoms with Gasteiger partial charge >= 0.3 is 17.9 Å². The Morgan fingerprint density at radius 1 is 0.244 bits per heavy atom. The highest BCUT2D eigenvalue weighted by atomic mass is 16.6. The molecule has 0 saturated carbocycles. The van der Waals surface area contributed by atoms with Crippen LogP contribution >= 0.6 is 0 Å². The van der Waals surface area contributed by atoms with Gasteiger partial charge < -0.3 is 14.2 Å². The molecule has 0 heterocycles. The first-order valence-corrected chi connectivity index (χ1v) is 37.0. The first kappa shape index (κ1) is 79.6. The monoisotopic (exact) mass is 1150 g/mol. The smallest absolute Gasteiger partial charge is 0.306 e. The molecular weight excluding hydrogens is 1010 g/mol. The van der Waals surface area contributed by atoms with E-state index in [0.29, 0.717) is 19.3 Å². The summed E-state index contributed by atoms with van der Waals surface area (Å²) in [6, 6.07) is 0. The van der Waals surface area contributed by atoms with Crippen molar-refractivity contribution in [1.82, 2.24) is 0 Å². The van der Waals surface area contributed by atoms with E-state index in [1.807, 2.05) is 0 Å². The molecule has 0 saturated heterocycles. The molecule has 0 bridgehead atoms. The predicted octanol–water partition coefficient (Wildman–Crippen LogP) is 25.5. The molecule has 0 aliphatic heterocycles. The van der Waals surface area contributed by atoms with Crippen LogP contribution in [0.25, 0.3) is 0 Å². The Bertz CT molecular complexity index is 1370. The Balaban J connectivity index is 4.15. The van der Waals surface area contributed by atoms with Gasteiger partial charge in [-0.1, -0.05) is 372 Å². The lowest BCUT2D eigenvalue weighted by Crippen LogP contribution is -2.30. The minimum absolute atomic E-state index is 0.0653. The standard InChI is InChI=1S/C76H142O6/c1-4-7-10-13-16-19-22-24-26-28-30-32-34-36-37-38-39-40-42-43-45-47-49-51-54-57-60-63-66-69-75(78)81-72-73(71-80-74(77)68-65-62-59-56-53-21-18-15-12-9-6-3)82-76(79)70-67-64-61-58-55-52-50-48-46-44-41-35-33-31-29-27-25-23-20-17-14-11-8-5-2/h22,24,28,30,34,36,73H,4-21,23,25-27,29,31-33,35,37-72H2,1-3H3/b24-22-,30-28-,36-34-. The number of carbonyl (C=O) groups excluding carboxylic acids is 3. The summed E-state index contributed by atoms with van der Waals surface area (Å²) < 4.78 is 17.0. The van der Waals surface area contributed by atoms with Crippen LogP contribution < -0.4 is 0 Å². The van der Waals surface area contributed by atoms with Crippen molar-refractivity contribution in [2.45, 2.75) is 419 Å². The van der Waals surface area contributed by atoms with Crippen LogP contribution in [0.2, 0.25) is 0 Å². The van der Waals surface area contributed by atoms with Crippen molar-refractivity contribution in [1.29, 1.82) is 0 Å². The summed E-state index contributed by atoms with van der Waals surface area (Å²) in [6.07, 6.45) is 89.1. The van der Waals surface area contributed by atoms with Crippen molar-refractivity contribution in [2.24, 2.45) is 0 Å². The molecule has 1 atom stereocenters. The SMILES string of the molecule is CCCCCCC/C=C\C/C=C\C/C=C\CCCCCCCCCCCCCCCCC(=O)OCC(COC(=O)CCCCCCCCCCCCC)OC(=O)CCCCCCCCCCCCCCCCCCCCCCCCCC. The number of unbranched alkanes of at least 4 members (excludes halogenated alkanes) is 52. The normalized spacial score (nSPS) is 12.2. The van der Waals surface area contributed by atoms with E-state index in [9.17, 15) is 14.4 Å². The van der Waals surface area contributed by atoms with Crippen molar-refractivity contribution < 1.29 is 28.6 Å². The summed E-state index contributed by atoms with van der Waals surface area (Å²) in [5.41, 5.74) is 0. The Morgan fingerprint density at radius 2 is 0.439 bits per heavy atom. The summed E-state index contributed by atoms with van der Waals surface area (Å²) in [4.78, 5) is 38.4. The van der Waals surface area contributed by atoms with Crippen LogP contribution in [0.15, 0.2) is 36.5 Å². The predicted molar refractivity (Wildman–Crippen MR) is 358 cm³/mol. The van der Waals surface area contributed by atoms with E-state index >= 15 is 0 Å². The zero-order valence-corrected chi connectivity index (χ0v) is 55.5. The third kappa shape index (κ3) is 68.4. The van der Waals surface area contributed by atoms with E-state index in [1.54, 1.807) is 0 Å². The summed E-state index contributed by atoms with van der Waals surface area (Å²) in [5, 5.41) is 0. The summed E-state index contributed by atoms with van der Waals surface area (Å²) in [7, 11) is 0. The third-order valence-corrected chi connectivity index (χ3v) is 16.9. The molecule has 0 N–H and O–H groups in total. The minimum Gasteiger partial charge on any atom is -0.462 e. The van der Waals surface area contributed by atoms with Crippen molar-refractivity contribution in [2.75, 3.05) is 13.2 Å². The van der Waals surface area contributed by atoms with Gasteiger partial charge in [-0.3, -0.25) is 14.4 Å². The maximum Gasteiger partial charge on any atom is 0.306 e. The molecule has 6 nitrogen and oxygen atoms in total. The Kier molecular flexibility index (Phi) is 69.1. The zero-order valence-electron chi connectivity index (χ0n) is 55.5. The zero-order chi connectivity index (χ0) is 59.2. The lowest BCUT2D eigenvalue weighted by Gasteiger charge is -2.18.